The van der Waals surface area contributed by atoms with E-state index in [2.05, 4.69) is 34.8 Å². The van der Waals surface area contributed by atoms with Crippen LogP contribution in [0.3, 0.4) is 0 Å². The molecule has 0 saturated heterocycles. The number of anilines is 1. The number of nitrogens with zero attached hydrogens (tertiary/aromatic N) is 2. The lowest BCUT2D eigenvalue weighted by Gasteiger charge is -2.32. The van der Waals surface area contributed by atoms with E-state index in [0.717, 1.165) is 29.9 Å². The van der Waals surface area contributed by atoms with Gasteiger partial charge < -0.3 is 30.1 Å². The average molecular weight is 628 g/mol. The lowest BCUT2D eigenvalue weighted by Crippen LogP contribution is -2.57. The molecule has 45 heavy (non-hydrogen) atoms. The summed E-state index contributed by atoms with van der Waals surface area (Å²) in [5.74, 6) is -0.628. The monoisotopic (exact) mass is 627 g/mol. The fourth-order valence-electron chi connectivity index (χ4n) is 4.87. The molecule has 2 aromatic carbocycles. The van der Waals surface area contributed by atoms with Crippen LogP contribution in [0.25, 0.3) is 0 Å². The zero-order chi connectivity index (χ0) is 33.6. The number of amides is 3. The molecule has 0 aromatic heterocycles. The molecule has 4 N–H and O–H groups in total. The number of nitrogens with one attached hydrogen (secondary N) is 3. The third-order valence-electron chi connectivity index (χ3n) is 7.54. The minimum Gasteiger partial charge on any atom is -0.453 e. The summed E-state index contributed by atoms with van der Waals surface area (Å²) in [6, 6.07) is 15.9. The van der Waals surface area contributed by atoms with Crippen molar-refractivity contribution < 1.29 is 29.0 Å². The topological polar surface area (TPSA) is 132 Å². The van der Waals surface area contributed by atoms with E-state index in [4.69, 9.17) is 9.47 Å². The van der Waals surface area contributed by atoms with Gasteiger partial charge >= 0.3 is 12.2 Å². The number of hydrazine groups is 1. The number of methoxy groups -OCH3 is 1. The van der Waals surface area contributed by atoms with Crippen LogP contribution in [0.5, 0.6) is 0 Å². The fraction of sp³-hybridized carbons (Fsp3) is 0.559. The number of aliphatic hydroxyl groups excluding tert-OH is 1. The first-order valence-electron chi connectivity index (χ1n) is 15.7. The highest BCUT2D eigenvalue weighted by atomic mass is 16.6. The molecule has 0 fully saturated rings. The van der Waals surface area contributed by atoms with Gasteiger partial charge in [-0.25, -0.2) is 14.6 Å². The highest BCUT2D eigenvalue weighted by molar-refractivity contribution is 5.86. The summed E-state index contributed by atoms with van der Waals surface area (Å²) >= 11 is 0. The van der Waals surface area contributed by atoms with Crippen molar-refractivity contribution in [3.63, 3.8) is 0 Å². The van der Waals surface area contributed by atoms with E-state index in [0.29, 0.717) is 12.8 Å². The molecule has 0 aliphatic heterocycles. The second kappa shape index (κ2) is 18.2. The molecular weight excluding hydrogens is 574 g/mol. The first-order chi connectivity index (χ1) is 21.3. The van der Waals surface area contributed by atoms with Crippen molar-refractivity contribution in [3.8, 4) is 0 Å². The van der Waals surface area contributed by atoms with Crippen LogP contribution in [0.15, 0.2) is 54.6 Å². The fourth-order valence-corrected chi connectivity index (χ4v) is 4.87. The van der Waals surface area contributed by atoms with Crippen molar-refractivity contribution in [1.29, 1.82) is 0 Å². The van der Waals surface area contributed by atoms with E-state index < -0.39 is 41.9 Å². The normalized spacial score (nSPS) is 14.1. The highest BCUT2D eigenvalue weighted by Gasteiger charge is 2.31. The highest BCUT2D eigenvalue weighted by Crippen LogP contribution is 2.17. The summed E-state index contributed by atoms with van der Waals surface area (Å²) < 4.78 is 10.3. The van der Waals surface area contributed by atoms with E-state index in [-0.39, 0.29) is 19.0 Å². The molecule has 3 amide bonds. The van der Waals surface area contributed by atoms with Crippen LogP contribution >= 0.6 is 0 Å². The zero-order valence-corrected chi connectivity index (χ0v) is 28.1. The Morgan fingerprint density at radius 1 is 0.889 bits per heavy atom. The lowest BCUT2D eigenvalue weighted by molar-refractivity contribution is -0.126. The molecule has 0 saturated carbocycles. The molecule has 11 nitrogen and oxygen atoms in total. The van der Waals surface area contributed by atoms with Gasteiger partial charge in [0.15, 0.2) is 0 Å². The number of aliphatic hydroxyl groups is 1. The molecule has 250 valence electrons. The van der Waals surface area contributed by atoms with E-state index in [1.807, 2.05) is 68.4 Å². The Balaban J connectivity index is 2.35. The van der Waals surface area contributed by atoms with Gasteiger partial charge in [0, 0.05) is 31.9 Å². The molecular formula is C34H53N5O6. The van der Waals surface area contributed by atoms with Gasteiger partial charge in [-0.1, -0.05) is 62.7 Å². The zero-order valence-electron chi connectivity index (χ0n) is 28.1. The van der Waals surface area contributed by atoms with Gasteiger partial charge in [-0.2, -0.15) is 0 Å². The van der Waals surface area contributed by atoms with Gasteiger partial charge in [-0.3, -0.25) is 10.2 Å². The third-order valence-corrected chi connectivity index (χ3v) is 7.54. The molecule has 0 bridgehead atoms. The smallest absolute Gasteiger partial charge is 0.422 e. The molecule has 4 atom stereocenters. The molecule has 2 aromatic rings. The summed E-state index contributed by atoms with van der Waals surface area (Å²) in [7, 11) is 1.24. The van der Waals surface area contributed by atoms with E-state index in [1.54, 1.807) is 25.8 Å². The van der Waals surface area contributed by atoms with E-state index in [9.17, 15) is 19.5 Å². The maximum Gasteiger partial charge on any atom is 0.422 e. The molecule has 0 aliphatic carbocycles. The second-order valence-electron chi connectivity index (χ2n) is 12.2. The summed E-state index contributed by atoms with van der Waals surface area (Å²) in [6.45, 7) is 15.4. The van der Waals surface area contributed by atoms with Crippen molar-refractivity contribution in [2.75, 3.05) is 31.6 Å². The van der Waals surface area contributed by atoms with Crippen molar-refractivity contribution >= 4 is 23.8 Å². The minimum atomic E-state index is -1.12. The Bertz CT molecular complexity index is 1180. The largest absolute Gasteiger partial charge is 0.453 e. The molecule has 0 spiro atoms. The standard InChI is InChI=1S/C34H53N5O6/c1-9-24(4)30(36-32(42)44-8)31(41)35-28(21-25-15-13-12-14-16-25)29(40)23-39(37-33(43)45-34(5,6)7)22-26-17-19-27(20-18-26)38(10-2)11-3/h12-20,24,28-30,40H,9-11,21-23H2,1-8H3,(H,35,41)(H,36,42)(H,37,43)/t24?,28?,29?,30-/m0/s1. The average Bonchev–Trinajstić information content (AvgIpc) is 2.99. The number of carbonyl (C=O) groups is 3. The number of alkyl carbamates (subject to hydrolysis) is 1. The summed E-state index contributed by atoms with van der Waals surface area (Å²) in [6.07, 6.45) is -1.53. The quantitative estimate of drug-likeness (QED) is 0.198. The van der Waals surface area contributed by atoms with Gasteiger partial charge in [0.1, 0.15) is 11.6 Å². The van der Waals surface area contributed by atoms with Crippen molar-refractivity contribution in [3.05, 3.63) is 65.7 Å². The molecule has 0 heterocycles. The maximum atomic E-state index is 13.5. The Hall–Kier alpha value is -3.83. The molecule has 0 aliphatic rings. The first kappa shape index (κ1) is 37.4. The van der Waals surface area contributed by atoms with Gasteiger partial charge in [-0.15, -0.1) is 0 Å². The van der Waals surface area contributed by atoms with E-state index in [1.165, 1.54) is 7.11 Å². The van der Waals surface area contributed by atoms with Crippen LogP contribution in [0.4, 0.5) is 15.3 Å². The Morgan fingerprint density at radius 3 is 2.04 bits per heavy atom. The van der Waals surface area contributed by atoms with Crippen LogP contribution in [0, 0.1) is 5.92 Å². The van der Waals surface area contributed by atoms with Crippen molar-refractivity contribution in [2.45, 2.75) is 91.6 Å². The number of rotatable bonds is 16. The van der Waals surface area contributed by atoms with Crippen LogP contribution in [0.1, 0.15) is 66.0 Å². The summed E-state index contributed by atoms with van der Waals surface area (Å²) in [5.41, 5.74) is 4.98. The minimum absolute atomic E-state index is 0.0206. The Morgan fingerprint density at radius 2 is 1.51 bits per heavy atom. The van der Waals surface area contributed by atoms with Gasteiger partial charge in [0.05, 0.1) is 19.3 Å². The number of carbonyl (C=O) groups excluding carboxylic acids is 3. The number of benzene rings is 2. The van der Waals surface area contributed by atoms with Crippen LogP contribution in [0.2, 0.25) is 0 Å². The Labute approximate surface area is 268 Å². The van der Waals surface area contributed by atoms with E-state index >= 15 is 0 Å². The summed E-state index contributed by atoms with van der Waals surface area (Å²) in [4.78, 5) is 40.7. The first-order valence-corrected chi connectivity index (χ1v) is 15.7. The third kappa shape index (κ3) is 13.0. The van der Waals surface area contributed by atoms with Crippen molar-refractivity contribution in [2.24, 2.45) is 5.92 Å². The maximum absolute atomic E-state index is 13.5. The van der Waals surface area contributed by atoms with Gasteiger partial charge in [0.2, 0.25) is 5.91 Å². The lowest BCUT2D eigenvalue weighted by atomic mass is 9.96. The van der Waals surface area contributed by atoms with Crippen LogP contribution < -0.4 is 21.0 Å². The molecule has 2 rings (SSSR count). The summed E-state index contributed by atoms with van der Waals surface area (Å²) in [5, 5.41) is 18.8. The van der Waals surface area contributed by atoms with Crippen LogP contribution in [-0.2, 0) is 27.2 Å². The van der Waals surface area contributed by atoms with Crippen LogP contribution in [-0.4, -0.2) is 78.7 Å². The predicted molar refractivity (Wildman–Crippen MR) is 177 cm³/mol. The number of hydrogen-bond acceptors (Lipinski definition) is 8. The Kier molecular flexibility index (Phi) is 15.1. The predicted octanol–water partition coefficient (Wildman–Crippen LogP) is 4.63. The number of hydrogen-bond donors (Lipinski definition) is 4. The van der Waals surface area contributed by atoms with Gasteiger partial charge in [0.25, 0.3) is 0 Å². The molecule has 3 unspecified atom stereocenters. The number of ether oxygens (including phenoxy) is 2. The molecule has 11 heteroatoms. The second-order valence-corrected chi connectivity index (χ2v) is 12.2. The molecule has 0 radical (unpaired) electrons. The van der Waals surface area contributed by atoms with Crippen molar-refractivity contribution in [1.82, 2.24) is 21.1 Å². The van der Waals surface area contributed by atoms with Gasteiger partial charge in [-0.05, 0) is 70.2 Å². The SMILES string of the molecule is CCC(C)[C@H](NC(=O)OC)C(=O)NC(Cc1ccccc1)C(O)CN(Cc1ccc(N(CC)CC)cc1)NC(=O)OC(C)(C)C.